The Labute approximate surface area is 187 Å². The highest BCUT2D eigenvalue weighted by Crippen LogP contribution is 2.39. The number of ketones is 1. The summed E-state index contributed by atoms with van der Waals surface area (Å²) in [6.07, 6.45) is 1.62. The van der Waals surface area contributed by atoms with Crippen LogP contribution in [-0.4, -0.2) is 60.5 Å². The standard InChI is InChI=1S/C24H29NO7/c1-28-11-9-25(10-12-29-2)15-19-20(26)8-7-18-23(27)22(32-24(18)19)13-16-5-6-17(30-3)14-21(16)31-4/h5-8,13-14,26H,9-12,15H2,1-4H3/b22-13-. The minimum Gasteiger partial charge on any atom is -0.872 e. The molecule has 0 unspecified atom stereocenters. The zero-order valence-electron chi connectivity index (χ0n) is 18.9. The Morgan fingerprint density at radius 3 is 2.34 bits per heavy atom. The van der Waals surface area contributed by atoms with Crippen molar-refractivity contribution in [1.29, 1.82) is 0 Å². The van der Waals surface area contributed by atoms with E-state index in [1.54, 1.807) is 52.7 Å². The van der Waals surface area contributed by atoms with Crippen LogP contribution in [0.3, 0.4) is 0 Å². The number of fused-ring (bicyclic) bond motifs is 1. The summed E-state index contributed by atoms with van der Waals surface area (Å²) in [5.74, 6) is 1.23. The summed E-state index contributed by atoms with van der Waals surface area (Å²) in [5.41, 5.74) is 1.53. The van der Waals surface area contributed by atoms with Gasteiger partial charge in [0.25, 0.3) is 0 Å². The van der Waals surface area contributed by atoms with Gasteiger partial charge in [-0.1, -0.05) is 11.8 Å². The van der Waals surface area contributed by atoms with Gasteiger partial charge in [-0.15, -0.1) is 0 Å². The Morgan fingerprint density at radius 1 is 1.00 bits per heavy atom. The van der Waals surface area contributed by atoms with Crippen molar-refractivity contribution in [2.24, 2.45) is 0 Å². The molecule has 0 bridgehead atoms. The number of Topliss-reactive ketones (excluding diaryl/α,β-unsaturated/α-hetero) is 1. The molecule has 0 saturated heterocycles. The number of allylic oxidation sites excluding steroid dienone is 1. The van der Waals surface area contributed by atoms with Crippen molar-refractivity contribution < 1.29 is 38.5 Å². The van der Waals surface area contributed by atoms with E-state index < -0.39 is 0 Å². The second kappa shape index (κ2) is 11.0. The maximum absolute atomic E-state index is 13.0. The highest BCUT2D eigenvalue weighted by atomic mass is 16.5. The number of hydrogen-bond donors (Lipinski definition) is 1. The van der Waals surface area contributed by atoms with Crippen molar-refractivity contribution >= 4 is 11.9 Å². The lowest BCUT2D eigenvalue weighted by Crippen LogP contribution is -3.11. The van der Waals surface area contributed by atoms with E-state index in [4.69, 9.17) is 23.7 Å². The quantitative estimate of drug-likeness (QED) is 0.520. The first-order valence-electron chi connectivity index (χ1n) is 10.3. The third kappa shape index (κ3) is 5.21. The first-order chi connectivity index (χ1) is 15.5. The smallest absolute Gasteiger partial charge is 0.231 e. The number of nitrogens with one attached hydrogen (secondary N) is 1. The maximum Gasteiger partial charge on any atom is 0.231 e. The molecule has 2 aromatic carbocycles. The molecule has 32 heavy (non-hydrogen) atoms. The summed E-state index contributed by atoms with van der Waals surface area (Å²) < 4.78 is 27.0. The largest absolute Gasteiger partial charge is 0.872 e. The van der Waals surface area contributed by atoms with E-state index in [2.05, 4.69) is 0 Å². The zero-order chi connectivity index (χ0) is 23.1. The summed E-state index contributed by atoms with van der Waals surface area (Å²) in [6, 6.07) is 8.24. The average Bonchev–Trinajstić information content (AvgIpc) is 3.12. The van der Waals surface area contributed by atoms with Crippen LogP contribution in [0.15, 0.2) is 36.1 Å². The lowest BCUT2D eigenvalue weighted by atomic mass is 10.0. The summed E-state index contributed by atoms with van der Waals surface area (Å²) in [5, 5.41) is 12.7. The number of benzene rings is 2. The Bertz CT molecular complexity index is 979. The van der Waals surface area contributed by atoms with E-state index in [9.17, 15) is 9.90 Å². The maximum atomic E-state index is 13.0. The fourth-order valence-electron chi connectivity index (χ4n) is 3.58. The summed E-state index contributed by atoms with van der Waals surface area (Å²) in [4.78, 5) is 14.1. The Balaban J connectivity index is 1.92. The van der Waals surface area contributed by atoms with Gasteiger partial charge in [0.1, 0.15) is 36.9 Å². The first-order valence-corrected chi connectivity index (χ1v) is 10.3. The Morgan fingerprint density at radius 2 is 1.72 bits per heavy atom. The molecule has 0 aromatic heterocycles. The molecule has 3 rings (SSSR count). The molecule has 2 aromatic rings. The van der Waals surface area contributed by atoms with Crippen molar-refractivity contribution in [2.75, 3.05) is 54.7 Å². The third-order valence-corrected chi connectivity index (χ3v) is 5.37. The molecule has 0 saturated carbocycles. The highest BCUT2D eigenvalue weighted by molar-refractivity contribution is 6.15. The monoisotopic (exact) mass is 443 g/mol. The number of hydrogen-bond acceptors (Lipinski definition) is 7. The predicted octanol–water partition coefficient (Wildman–Crippen LogP) is 1.07. The van der Waals surface area contributed by atoms with E-state index in [1.165, 1.54) is 12.1 Å². The van der Waals surface area contributed by atoms with Crippen LogP contribution in [-0.2, 0) is 16.0 Å². The number of carbonyl (C=O) groups is 1. The molecule has 172 valence electrons. The fraction of sp³-hybridized carbons (Fsp3) is 0.375. The van der Waals surface area contributed by atoms with Gasteiger partial charge < -0.3 is 33.7 Å². The van der Waals surface area contributed by atoms with E-state index in [0.717, 1.165) is 4.90 Å². The van der Waals surface area contributed by atoms with Crippen molar-refractivity contribution in [2.45, 2.75) is 6.54 Å². The molecule has 1 heterocycles. The molecule has 8 heteroatoms. The molecule has 8 nitrogen and oxygen atoms in total. The van der Waals surface area contributed by atoms with Gasteiger partial charge >= 0.3 is 0 Å². The molecule has 0 aliphatic carbocycles. The fourth-order valence-corrected chi connectivity index (χ4v) is 3.58. The van der Waals surface area contributed by atoms with E-state index >= 15 is 0 Å². The summed E-state index contributed by atoms with van der Waals surface area (Å²) >= 11 is 0. The van der Waals surface area contributed by atoms with Gasteiger partial charge in [-0.05, 0) is 24.3 Å². The minimum absolute atomic E-state index is 0.144. The number of quaternary nitrogens is 1. The van der Waals surface area contributed by atoms with E-state index in [0.29, 0.717) is 66.8 Å². The van der Waals surface area contributed by atoms with Crippen molar-refractivity contribution in [3.05, 3.63) is 52.8 Å². The molecule has 0 amide bonds. The predicted molar refractivity (Wildman–Crippen MR) is 117 cm³/mol. The molecule has 0 radical (unpaired) electrons. The number of carbonyl (C=O) groups excluding carboxylic acids is 1. The van der Waals surface area contributed by atoms with Crippen LogP contribution < -0.4 is 24.2 Å². The van der Waals surface area contributed by atoms with Crippen molar-refractivity contribution in [3.63, 3.8) is 0 Å². The third-order valence-electron chi connectivity index (χ3n) is 5.37. The van der Waals surface area contributed by atoms with Crippen LogP contribution in [0.1, 0.15) is 21.5 Å². The zero-order valence-corrected chi connectivity index (χ0v) is 18.9. The minimum atomic E-state index is -0.269. The van der Waals surface area contributed by atoms with E-state index in [1.807, 2.05) is 0 Å². The average molecular weight is 443 g/mol. The van der Waals surface area contributed by atoms with Crippen LogP contribution in [0.5, 0.6) is 23.0 Å². The van der Waals surface area contributed by atoms with Gasteiger partial charge in [0, 0.05) is 31.4 Å². The molecule has 1 aliphatic rings. The van der Waals surface area contributed by atoms with Crippen molar-refractivity contribution in [1.82, 2.24) is 0 Å². The van der Waals surface area contributed by atoms with Gasteiger partial charge in [-0.2, -0.15) is 0 Å². The van der Waals surface area contributed by atoms with Gasteiger partial charge in [-0.3, -0.25) is 4.79 Å². The van der Waals surface area contributed by atoms with Crippen molar-refractivity contribution in [3.8, 4) is 23.0 Å². The summed E-state index contributed by atoms with van der Waals surface area (Å²) in [7, 11) is 6.39. The lowest BCUT2D eigenvalue weighted by molar-refractivity contribution is -0.914. The Hall–Kier alpha value is -3.07. The van der Waals surface area contributed by atoms with Gasteiger partial charge in [0.05, 0.1) is 33.0 Å². The van der Waals surface area contributed by atoms with Gasteiger partial charge in [-0.25, -0.2) is 0 Å². The van der Waals surface area contributed by atoms with Crippen LogP contribution in [0.25, 0.3) is 6.08 Å². The Kier molecular flexibility index (Phi) is 8.10. The van der Waals surface area contributed by atoms with Gasteiger partial charge in [0.15, 0.2) is 5.76 Å². The molecule has 0 atom stereocenters. The molecule has 1 aliphatic heterocycles. The lowest BCUT2D eigenvalue weighted by Gasteiger charge is -2.23. The van der Waals surface area contributed by atoms with Crippen LogP contribution >= 0.6 is 0 Å². The van der Waals surface area contributed by atoms with Gasteiger partial charge in [0.2, 0.25) is 5.78 Å². The molecular formula is C24H29NO7. The molecule has 1 N–H and O–H groups in total. The SMILES string of the molecule is COCC[NH+](CCOC)Cc1c([O-])ccc2c1O/C(=C\c1ccc(OC)cc1OC)C2=O. The number of ether oxygens (including phenoxy) is 5. The molecule has 0 fully saturated rings. The first kappa shape index (κ1) is 23.6. The van der Waals surface area contributed by atoms with Crippen LogP contribution in [0.4, 0.5) is 0 Å². The topological polar surface area (TPSA) is 90.7 Å². The molecule has 0 spiro atoms. The second-order valence-electron chi connectivity index (χ2n) is 7.38. The molecular weight excluding hydrogens is 414 g/mol. The van der Waals surface area contributed by atoms with E-state index in [-0.39, 0.29) is 17.3 Å². The highest BCUT2D eigenvalue weighted by Gasteiger charge is 2.31. The summed E-state index contributed by atoms with van der Waals surface area (Å²) in [6.45, 7) is 2.89. The second-order valence-corrected chi connectivity index (χ2v) is 7.38. The van der Waals surface area contributed by atoms with Crippen LogP contribution in [0, 0.1) is 0 Å². The van der Waals surface area contributed by atoms with Crippen LogP contribution in [0.2, 0.25) is 0 Å². The number of rotatable bonds is 11. The number of methoxy groups -OCH3 is 4. The normalized spacial score (nSPS) is 14.0.